The number of ketones is 1. The lowest BCUT2D eigenvalue weighted by Crippen LogP contribution is -2.45. The van der Waals surface area contributed by atoms with Crippen molar-refractivity contribution in [1.29, 1.82) is 0 Å². The lowest BCUT2D eigenvalue weighted by Gasteiger charge is -2.35. The molecule has 118 valence electrons. The van der Waals surface area contributed by atoms with E-state index in [1.165, 1.54) is 0 Å². The molecule has 0 saturated carbocycles. The molecule has 0 spiro atoms. The summed E-state index contributed by atoms with van der Waals surface area (Å²) in [5.74, 6) is 0.733. The summed E-state index contributed by atoms with van der Waals surface area (Å²) in [5, 5.41) is 3.83. The first-order chi connectivity index (χ1) is 10.3. The molecular formula is C15H16Br2N2O2S. The summed E-state index contributed by atoms with van der Waals surface area (Å²) in [5.41, 5.74) is 2.50. The van der Waals surface area contributed by atoms with Gasteiger partial charge in [0.2, 0.25) is 0 Å². The van der Waals surface area contributed by atoms with Gasteiger partial charge in [0.25, 0.3) is 0 Å². The van der Waals surface area contributed by atoms with E-state index in [1.807, 2.05) is 31.0 Å². The standard InChI is InChI=1S/C15H16Br2N2O2S/c1-7-12(8(2)20)13(18-15(22)19(7)3)9-5-10(16)14(21-4)11(17)6-9/h5-6,13H,1-4H3,(H,18,22). The molecule has 0 fully saturated rings. The molecule has 4 nitrogen and oxygen atoms in total. The van der Waals surface area contributed by atoms with E-state index in [9.17, 15) is 4.79 Å². The molecule has 0 amide bonds. The van der Waals surface area contributed by atoms with Gasteiger partial charge in [0.15, 0.2) is 10.9 Å². The molecule has 1 atom stereocenters. The Hall–Kier alpha value is -0.920. The van der Waals surface area contributed by atoms with E-state index in [0.717, 1.165) is 20.2 Å². The van der Waals surface area contributed by atoms with Gasteiger partial charge in [-0.1, -0.05) is 0 Å². The molecule has 2 rings (SSSR count). The van der Waals surface area contributed by atoms with Crippen LogP contribution in [-0.4, -0.2) is 30.0 Å². The Labute approximate surface area is 152 Å². The molecule has 1 aliphatic rings. The number of hydrogen-bond donors (Lipinski definition) is 1. The fourth-order valence-electron chi connectivity index (χ4n) is 2.48. The number of halogens is 2. The first-order valence-electron chi connectivity index (χ1n) is 6.56. The molecule has 1 unspecified atom stereocenters. The summed E-state index contributed by atoms with van der Waals surface area (Å²) < 4.78 is 6.95. The van der Waals surface area contributed by atoms with E-state index >= 15 is 0 Å². The van der Waals surface area contributed by atoms with Crippen molar-refractivity contribution in [2.45, 2.75) is 19.9 Å². The van der Waals surface area contributed by atoms with E-state index < -0.39 is 0 Å². The highest BCUT2D eigenvalue weighted by atomic mass is 79.9. The zero-order valence-corrected chi connectivity index (χ0v) is 16.6. The summed E-state index contributed by atoms with van der Waals surface area (Å²) in [7, 11) is 3.46. The molecule has 1 heterocycles. The van der Waals surface area contributed by atoms with Gasteiger partial charge in [0.1, 0.15) is 5.75 Å². The van der Waals surface area contributed by atoms with Crippen LogP contribution in [0, 0.1) is 0 Å². The van der Waals surface area contributed by atoms with Crippen LogP contribution in [0.5, 0.6) is 5.75 Å². The van der Waals surface area contributed by atoms with E-state index in [0.29, 0.717) is 16.4 Å². The third-order valence-electron chi connectivity index (χ3n) is 3.69. The van der Waals surface area contributed by atoms with Crippen molar-refractivity contribution >= 4 is 55.0 Å². The van der Waals surface area contributed by atoms with Crippen molar-refractivity contribution in [1.82, 2.24) is 10.2 Å². The van der Waals surface area contributed by atoms with Crippen LogP contribution in [0.4, 0.5) is 0 Å². The highest BCUT2D eigenvalue weighted by Crippen LogP contribution is 2.39. The van der Waals surface area contributed by atoms with Gasteiger partial charge in [-0.2, -0.15) is 0 Å². The van der Waals surface area contributed by atoms with Gasteiger partial charge in [0, 0.05) is 18.3 Å². The molecule has 0 aromatic heterocycles. The van der Waals surface area contributed by atoms with Crippen molar-refractivity contribution in [2.75, 3.05) is 14.2 Å². The molecule has 1 N–H and O–H groups in total. The smallest absolute Gasteiger partial charge is 0.173 e. The predicted molar refractivity (Wildman–Crippen MR) is 98.0 cm³/mol. The van der Waals surface area contributed by atoms with Gasteiger partial charge in [0.05, 0.1) is 22.1 Å². The summed E-state index contributed by atoms with van der Waals surface area (Å²) in [6.07, 6.45) is 0. The van der Waals surface area contributed by atoms with Gasteiger partial charge in [-0.05, 0) is 75.6 Å². The Balaban J connectivity index is 2.60. The maximum atomic E-state index is 12.1. The van der Waals surface area contributed by atoms with Gasteiger partial charge < -0.3 is 15.0 Å². The molecule has 1 aromatic carbocycles. The number of methoxy groups -OCH3 is 1. The Morgan fingerprint density at radius 3 is 2.36 bits per heavy atom. The first-order valence-corrected chi connectivity index (χ1v) is 8.56. The minimum absolute atomic E-state index is 0.0208. The zero-order valence-electron chi connectivity index (χ0n) is 12.7. The fraction of sp³-hybridized carbons (Fsp3) is 0.333. The van der Waals surface area contributed by atoms with E-state index in [4.69, 9.17) is 17.0 Å². The second-order valence-electron chi connectivity index (χ2n) is 5.01. The number of nitrogens with one attached hydrogen (secondary N) is 1. The molecule has 22 heavy (non-hydrogen) atoms. The molecule has 1 aliphatic heterocycles. The Bertz CT molecular complexity index is 665. The van der Waals surface area contributed by atoms with Gasteiger partial charge in [-0.3, -0.25) is 4.79 Å². The maximum absolute atomic E-state index is 12.1. The molecule has 0 aliphatic carbocycles. The van der Waals surface area contributed by atoms with Crippen molar-refractivity contribution in [3.63, 3.8) is 0 Å². The average Bonchev–Trinajstić information content (AvgIpc) is 2.43. The highest BCUT2D eigenvalue weighted by molar-refractivity contribution is 9.11. The number of nitrogens with zero attached hydrogens (tertiary/aromatic N) is 1. The zero-order chi connectivity index (χ0) is 16.6. The molecular weight excluding hydrogens is 432 g/mol. The van der Waals surface area contributed by atoms with E-state index in [2.05, 4.69) is 37.2 Å². The van der Waals surface area contributed by atoms with E-state index in [1.54, 1.807) is 14.0 Å². The second kappa shape index (κ2) is 6.68. The molecule has 1 aromatic rings. The maximum Gasteiger partial charge on any atom is 0.173 e. The summed E-state index contributed by atoms with van der Waals surface area (Å²) >= 11 is 12.4. The Kier molecular flexibility index (Phi) is 5.29. The molecule has 0 bridgehead atoms. The quantitative estimate of drug-likeness (QED) is 0.710. The molecule has 7 heteroatoms. The second-order valence-corrected chi connectivity index (χ2v) is 7.11. The van der Waals surface area contributed by atoms with Crippen LogP contribution in [0.25, 0.3) is 0 Å². The highest BCUT2D eigenvalue weighted by Gasteiger charge is 2.31. The van der Waals surface area contributed by atoms with Gasteiger partial charge >= 0.3 is 0 Å². The minimum Gasteiger partial charge on any atom is -0.494 e. The summed E-state index contributed by atoms with van der Waals surface area (Å²) in [4.78, 5) is 13.9. The van der Waals surface area contributed by atoms with Crippen molar-refractivity contribution in [2.24, 2.45) is 0 Å². The number of Topliss-reactive ketones (excluding diaryl/α,β-unsaturated/α-hetero) is 1. The van der Waals surface area contributed by atoms with Crippen molar-refractivity contribution < 1.29 is 9.53 Å². The minimum atomic E-state index is -0.278. The van der Waals surface area contributed by atoms with Gasteiger partial charge in [-0.25, -0.2) is 0 Å². The SMILES string of the molecule is COc1c(Br)cc(C2NC(=S)N(C)C(C)=C2C(C)=O)cc1Br. The summed E-state index contributed by atoms with van der Waals surface area (Å²) in [6, 6.07) is 3.59. The van der Waals surface area contributed by atoms with Crippen LogP contribution in [0.15, 0.2) is 32.3 Å². The average molecular weight is 448 g/mol. The number of thiocarbonyl (C=S) groups is 1. The predicted octanol–water partition coefficient (Wildman–Crippen LogP) is 3.94. The van der Waals surface area contributed by atoms with Crippen molar-refractivity contribution in [3.8, 4) is 5.75 Å². The number of ether oxygens (including phenoxy) is 1. The van der Waals surface area contributed by atoms with Crippen molar-refractivity contribution in [3.05, 3.63) is 37.9 Å². The van der Waals surface area contributed by atoms with Gasteiger partial charge in [-0.15, -0.1) is 0 Å². The van der Waals surface area contributed by atoms with Crippen LogP contribution in [0.3, 0.4) is 0 Å². The Morgan fingerprint density at radius 1 is 1.36 bits per heavy atom. The largest absolute Gasteiger partial charge is 0.494 e. The van der Waals surface area contributed by atoms with Crippen LogP contribution in [-0.2, 0) is 4.79 Å². The lowest BCUT2D eigenvalue weighted by atomic mass is 9.92. The Morgan fingerprint density at radius 2 is 1.91 bits per heavy atom. The third kappa shape index (κ3) is 3.07. The van der Waals surface area contributed by atoms with Crippen LogP contribution in [0.1, 0.15) is 25.5 Å². The normalized spacial score (nSPS) is 18.4. The number of rotatable bonds is 3. The molecule has 0 radical (unpaired) electrons. The number of carbonyl (C=O) groups is 1. The third-order valence-corrected chi connectivity index (χ3v) is 5.26. The van der Waals surface area contributed by atoms with Crippen LogP contribution < -0.4 is 10.1 Å². The lowest BCUT2D eigenvalue weighted by molar-refractivity contribution is -0.114. The number of carbonyl (C=O) groups excluding carboxylic acids is 1. The van der Waals surface area contributed by atoms with Crippen LogP contribution in [0.2, 0.25) is 0 Å². The number of hydrogen-bond acceptors (Lipinski definition) is 3. The molecule has 0 saturated heterocycles. The number of allylic oxidation sites excluding steroid dienone is 1. The summed E-state index contributed by atoms with van der Waals surface area (Å²) in [6.45, 7) is 3.48. The first kappa shape index (κ1) is 17.4. The number of benzene rings is 1. The fourth-order valence-corrected chi connectivity index (χ4v) is 4.28. The monoisotopic (exact) mass is 446 g/mol. The van der Waals surface area contributed by atoms with Crippen LogP contribution >= 0.6 is 44.1 Å². The topological polar surface area (TPSA) is 41.6 Å². The van der Waals surface area contributed by atoms with E-state index in [-0.39, 0.29) is 11.8 Å².